The van der Waals surface area contributed by atoms with Gasteiger partial charge in [-0.25, -0.2) is 4.39 Å². The molecule has 4 nitrogen and oxygen atoms in total. The standard InChI is InChI=1S/C14H12FNO3/c1-8-2-4-10(15)7-11(8)16-14(19)9-3-5-12(17)13(18)6-9/h2-7,17-18H,1H3,(H,16,19). The van der Waals surface area contributed by atoms with Crippen LogP contribution in [0.2, 0.25) is 0 Å². The third-order valence-electron chi connectivity index (χ3n) is 2.69. The first-order valence-electron chi connectivity index (χ1n) is 5.57. The summed E-state index contributed by atoms with van der Waals surface area (Å²) in [7, 11) is 0. The Labute approximate surface area is 109 Å². The maximum Gasteiger partial charge on any atom is 0.255 e. The lowest BCUT2D eigenvalue weighted by Crippen LogP contribution is -2.12. The highest BCUT2D eigenvalue weighted by molar-refractivity contribution is 6.05. The van der Waals surface area contributed by atoms with E-state index in [1.807, 2.05) is 0 Å². The first-order valence-corrected chi connectivity index (χ1v) is 5.57. The number of hydrogen-bond acceptors (Lipinski definition) is 3. The summed E-state index contributed by atoms with van der Waals surface area (Å²) in [6.07, 6.45) is 0. The van der Waals surface area contributed by atoms with Gasteiger partial charge >= 0.3 is 0 Å². The molecule has 0 atom stereocenters. The molecule has 0 spiro atoms. The third kappa shape index (κ3) is 2.82. The number of carbonyl (C=O) groups excluding carboxylic acids is 1. The zero-order valence-electron chi connectivity index (χ0n) is 10.1. The van der Waals surface area contributed by atoms with Gasteiger partial charge < -0.3 is 15.5 Å². The number of carbonyl (C=O) groups is 1. The van der Waals surface area contributed by atoms with Crippen LogP contribution in [0.3, 0.4) is 0 Å². The summed E-state index contributed by atoms with van der Waals surface area (Å²) < 4.78 is 13.1. The van der Waals surface area contributed by atoms with Gasteiger partial charge in [0.1, 0.15) is 5.82 Å². The van der Waals surface area contributed by atoms with Gasteiger partial charge in [0, 0.05) is 11.3 Å². The van der Waals surface area contributed by atoms with E-state index in [-0.39, 0.29) is 17.1 Å². The molecule has 0 saturated carbocycles. The highest BCUT2D eigenvalue weighted by Crippen LogP contribution is 2.25. The van der Waals surface area contributed by atoms with Crippen molar-refractivity contribution in [2.75, 3.05) is 5.32 Å². The lowest BCUT2D eigenvalue weighted by atomic mass is 10.1. The summed E-state index contributed by atoms with van der Waals surface area (Å²) in [6, 6.07) is 7.78. The van der Waals surface area contributed by atoms with Crippen molar-refractivity contribution < 1.29 is 19.4 Å². The van der Waals surface area contributed by atoms with Crippen LogP contribution >= 0.6 is 0 Å². The van der Waals surface area contributed by atoms with Crippen LogP contribution < -0.4 is 5.32 Å². The lowest BCUT2D eigenvalue weighted by molar-refractivity contribution is 0.102. The minimum absolute atomic E-state index is 0.166. The van der Waals surface area contributed by atoms with E-state index >= 15 is 0 Å². The van der Waals surface area contributed by atoms with E-state index in [1.165, 1.54) is 24.3 Å². The lowest BCUT2D eigenvalue weighted by Gasteiger charge is -2.09. The van der Waals surface area contributed by atoms with Gasteiger partial charge in [-0.2, -0.15) is 0 Å². The first kappa shape index (κ1) is 12.9. The number of rotatable bonds is 2. The average Bonchev–Trinajstić information content (AvgIpc) is 2.37. The van der Waals surface area contributed by atoms with Gasteiger partial charge in [0.15, 0.2) is 11.5 Å². The molecule has 1 amide bonds. The molecule has 2 rings (SSSR count). The second kappa shape index (κ2) is 4.97. The molecule has 0 aliphatic heterocycles. The molecule has 0 saturated heterocycles. The molecule has 0 radical (unpaired) electrons. The topological polar surface area (TPSA) is 69.6 Å². The molecule has 0 heterocycles. The predicted molar refractivity (Wildman–Crippen MR) is 68.9 cm³/mol. The van der Waals surface area contributed by atoms with Gasteiger partial charge in [0.25, 0.3) is 5.91 Å². The molecule has 2 aromatic carbocycles. The molecule has 3 N–H and O–H groups in total. The molecule has 0 unspecified atom stereocenters. The Bertz CT molecular complexity index is 641. The number of phenolic OH excluding ortho intramolecular Hbond substituents is 2. The van der Waals surface area contributed by atoms with E-state index in [0.29, 0.717) is 5.69 Å². The van der Waals surface area contributed by atoms with Crippen LogP contribution in [0.5, 0.6) is 11.5 Å². The molecule has 0 aliphatic rings. The fraction of sp³-hybridized carbons (Fsp3) is 0.0714. The largest absolute Gasteiger partial charge is 0.504 e. The highest BCUT2D eigenvalue weighted by Gasteiger charge is 2.10. The van der Waals surface area contributed by atoms with E-state index in [9.17, 15) is 14.3 Å². The van der Waals surface area contributed by atoms with Crippen molar-refractivity contribution in [3.8, 4) is 11.5 Å². The van der Waals surface area contributed by atoms with Crippen molar-refractivity contribution in [2.24, 2.45) is 0 Å². The van der Waals surface area contributed by atoms with Crippen LogP contribution in [0.25, 0.3) is 0 Å². The van der Waals surface area contributed by atoms with E-state index in [2.05, 4.69) is 5.32 Å². The minimum Gasteiger partial charge on any atom is -0.504 e. The van der Waals surface area contributed by atoms with Crippen LogP contribution in [0.1, 0.15) is 15.9 Å². The number of halogens is 1. The molecule has 0 aromatic heterocycles. The van der Waals surface area contributed by atoms with E-state index in [0.717, 1.165) is 11.6 Å². The summed E-state index contributed by atoms with van der Waals surface area (Å²) in [5, 5.41) is 21.0. The van der Waals surface area contributed by atoms with Crippen LogP contribution in [-0.4, -0.2) is 16.1 Å². The zero-order valence-corrected chi connectivity index (χ0v) is 10.1. The number of phenols is 2. The van der Waals surface area contributed by atoms with Gasteiger partial charge in [-0.15, -0.1) is 0 Å². The van der Waals surface area contributed by atoms with E-state index < -0.39 is 11.7 Å². The maximum absolute atomic E-state index is 13.1. The average molecular weight is 261 g/mol. The Kier molecular flexibility index (Phi) is 3.37. The quantitative estimate of drug-likeness (QED) is 0.728. The Balaban J connectivity index is 2.25. The number of hydrogen-bond donors (Lipinski definition) is 3. The number of aryl methyl sites for hydroxylation is 1. The summed E-state index contributed by atoms with van der Waals surface area (Å²) in [5.74, 6) is -1.64. The Morgan fingerprint density at radius 2 is 1.84 bits per heavy atom. The predicted octanol–water partition coefficient (Wildman–Crippen LogP) is 2.80. The van der Waals surface area contributed by atoms with Crippen molar-refractivity contribution >= 4 is 11.6 Å². The van der Waals surface area contributed by atoms with Crippen LogP contribution in [0.4, 0.5) is 10.1 Å². The Morgan fingerprint density at radius 3 is 2.53 bits per heavy atom. The summed E-state index contributed by atoms with van der Waals surface area (Å²) in [6.45, 7) is 1.74. The fourth-order valence-corrected chi connectivity index (χ4v) is 1.59. The molecule has 98 valence electrons. The summed E-state index contributed by atoms with van der Waals surface area (Å²) in [4.78, 5) is 11.9. The third-order valence-corrected chi connectivity index (χ3v) is 2.69. The van der Waals surface area contributed by atoms with Crippen molar-refractivity contribution in [1.82, 2.24) is 0 Å². The van der Waals surface area contributed by atoms with Gasteiger partial charge in [-0.3, -0.25) is 4.79 Å². The zero-order chi connectivity index (χ0) is 14.0. The molecule has 5 heteroatoms. The Hall–Kier alpha value is -2.56. The minimum atomic E-state index is -0.496. The summed E-state index contributed by atoms with van der Waals surface area (Å²) in [5.41, 5.74) is 1.24. The van der Waals surface area contributed by atoms with Crippen molar-refractivity contribution in [1.29, 1.82) is 0 Å². The number of benzene rings is 2. The molecule has 0 aliphatic carbocycles. The Morgan fingerprint density at radius 1 is 1.11 bits per heavy atom. The SMILES string of the molecule is Cc1ccc(F)cc1NC(=O)c1ccc(O)c(O)c1. The first-order chi connectivity index (χ1) is 8.97. The van der Waals surface area contributed by atoms with Crippen LogP contribution in [0.15, 0.2) is 36.4 Å². The monoisotopic (exact) mass is 261 g/mol. The fourth-order valence-electron chi connectivity index (χ4n) is 1.59. The van der Waals surface area contributed by atoms with Crippen molar-refractivity contribution in [3.05, 3.63) is 53.3 Å². The van der Waals surface area contributed by atoms with Gasteiger partial charge in [-0.05, 0) is 42.8 Å². The normalized spacial score (nSPS) is 10.2. The molecular weight excluding hydrogens is 249 g/mol. The maximum atomic E-state index is 13.1. The second-order valence-electron chi connectivity index (χ2n) is 4.12. The number of nitrogens with one attached hydrogen (secondary N) is 1. The van der Waals surface area contributed by atoms with Crippen LogP contribution in [0, 0.1) is 12.7 Å². The van der Waals surface area contributed by atoms with Crippen LogP contribution in [-0.2, 0) is 0 Å². The van der Waals surface area contributed by atoms with Crippen molar-refractivity contribution in [3.63, 3.8) is 0 Å². The molecule has 0 bridgehead atoms. The molecule has 19 heavy (non-hydrogen) atoms. The van der Waals surface area contributed by atoms with Gasteiger partial charge in [0.05, 0.1) is 0 Å². The summed E-state index contributed by atoms with van der Waals surface area (Å²) >= 11 is 0. The smallest absolute Gasteiger partial charge is 0.255 e. The van der Waals surface area contributed by atoms with E-state index in [4.69, 9.17) is 5.11 Å². The number of anilines is 1. The van der Waals surface area contributed by atoms with E-state index in [1.54, 1.807) is 13.0 Å². The second-order valence-corrected chi connectivity index (χ2v) is 4.12. The number of aromatic hydroxyl groups is 2. The highest BCUT2D eigenvalue weighted by atomic mass is 19.1. The molecular formula is C14H12FNO3. The van der Waals surface area contributed by atoms with Gasteiger partial charge in [-0.1, -0.05) is 6.07 Å². The molecule has 2 aromatic rings. The van der Waals surface area contributed by atoms with Crippen molar-refractivity contribution in [2.45, 2.75) is 6.92 Å². The number of amides is 1. The molecule has 0 fully saturated rings. The van der Waals surface area contributed by atoms with Gasteiger partial charge in [0.2, 0.25) is 0 Å².